The topological polar surface area (TPSA) is 928 Å². The van der Waals surface area contributed by atoms with Crippen LogP contribution in [-0.2, 0) is 114 Å². The van der Waals surface area contributed by atoms with Crippen LogP contribution in [0, 0.1) is 0 Å². The molecule has 10 saturated heterocycles. The maximum atomic E-state index is 13.9. The second-order valence-electron chi connectivity index (χ2n) is 33.6. The first-order valence-corrected chi connectivity index (χ1v) is 42.4. The Morgan fingerprint density at radius 2 is 0.586 bits per heavy atom. The molecular weight excluding hydrogens is 1820 g/mol. The highest BCUT2D eigenvalue weighted by Crippen LogP contribution is 2.42. The van der Waals surface area contributed by atoms with Gasteiger partial charge in [-0.15, -0.1) is 0 Å². The lowest BCUT2D eigenvalue weighted by atomic mass is 9.93. The van der Waals surface area contributed by atoms with Gasteiger partial charge in [0.1, 0.15) is 256 Å². The molecule has 4 amide bonds. The zero-order chi connectivity index (χ0) is 98.2. The van der Waals surface area contributed by atoms with Gasteiger partial charge in [0, 0.05) is 27.7 Å². The third-order valence-corrected chi connectivity index (χ3v) is 24.2. The molecule has 59 heteroatoms. The van der Waals surface area contributed by atoms with Crippen LogP contribution < -0.4 is 21.3 Å². The van der Waals surface area contributed by atoms with Crippen molar-refractivity contribution >= 4 is 23.6 Å². The Hall–Kier alpha value is -4.16. The number of aliphatic hydroxyl groups excluding tert-OH is 31. The summed E-state index contributed by atoms with van der Waals surface area (Å²) in [6.07, 6.45) is -111. The number of hydrogen-bond acceptors (Lipinski definition) is 55. The van der Waals surface area contributed by atoms with E-state index in [1.807, 2.05) is 0 Å². The molecule has 0 aromatic carbocycles. The lowest BCUT2D eigenvalue weighted by molar-refractivity contribution is -0.409. The van der Waals surface area contributed by atoms with Gasteiger partial charge in [0.25, 0.3) is 0 Å². The first-order chi connectivity index (χ1) is 62.9. The van der Waals surface area contributed by atoms with Gasteiger partial charge in [-0.3, -0.25) is 19.2 Å². The zero-order valence-corrected chi connectivity index (χ0v) is 71.6. The fourth-order valence-electron chi connectivity index (χ4n) is 16.9. The molecule has 0 aromatic heterocycles. The number of rotatable bonds is 38. The van der Waals surface area contributed by atoms with Gasteiger partial charge in [-0.25, -0.2) is 0 Å². The maximum absolute atomic E-state index is 13.9. The van der Waals surface area contributed by atoms with Gasteiger partial charge in [0.05, 0.1) is 84.8 Å². The van der Waals surface area contributed by atoms with Crippen molar-refractivity contribution in [2.75, 3.05) is 72.7 Å². The van der Waals surface area contributed by atoms with E-state index < -0.39 is 428 Å². The SMILES string of the molecule is CC(=O)N[C@H]1[C@H](O[C@@H]([C@H](O)[C@H](CO)NC(C)=O)[C@H](O)CO)O[C@H](CO)[C@@H](O[C@@H]2O[C@H](CO[C@H]3O[C@H](CO[C@H]4O[C@H](CO)[C@@H](O)[C@H](O)[C@@H]4O)[C@@H](O)[C@H](O[C@H]4O[C@H](CO)[C@@H](O)[C@H](O)[C@@H]4O)[C@@H]3O)[C@@H](O)[C@H](O[C@H]3O[C@H](CO)[C@@H](O[C@@H]4O[C@H](CO)[C@@H](O)[C@H](O)[C@H]4NC(C)=O)[C@H](O)[C@@H]3O[C@@H]3O[C@H](CO)[C@@H](O[C@@H]4O[C@H](CO)[C@H](O)[C@H](O)[C@H]4O)[C@H](O[C@@H]4O[C@@H](C)[C@@H](O)[C@@H](O)[C@@H]4O)[C@H]3NC(C)=O)[C@@H]2O)[C@@H]1O. The van der Waals surface area contributed by atoms with E-state index in [1.54, 1.807) is 0 Å². The molecule has 10 aliphatic heterocycles. The predicted octanol–water partition coefficient (Wildman–Crippen LogP) is -23.7. The van der Waals surface area contributed by atoms with E-state index in [4.69, 9.17) is 94.7 Å². The first-order valence-electron chi connectivity index (χ1n) is 42.4. The Morgan fingerprint density at radius 3 is 1.05 bits per heavy atom. The van der Waals surface area contributed by atoms with Gasteiger partial charge in [0.15, 0.2) is 62.9 Å². The molecule has 54 atom stereocenters. The molecule has 59 nitrogen and oxygen atoms in total. The van der Waals surface area contributed by atoms with Crippen molar-refractivity contribution in [1.82, 2.24) is 21.3 Å². The number of nitrogens with one attached hydrogen (secondary N) is 4. The summed E-state index contributed by atoms with van der Waals surface area (Å²) in [7, 11) is 0. The van der Waals surface area contributed by atoms with E-state index in [0.717, 1.165) is 27.7 Å². The third-order valence-electron chi connectivity index (χ3n) is 24.2. The minimum absolute atomic E-state index is 0.854. The van der Waals surface area contributed by atoms with Crippen molar-refractivity contribution in [3.63, 3.8) is 0 Å². The second kappa shape index (κ2) is 49.0. The van der Waals surface area contributed by atoms with E-state index in [0.29, 0.717) is 0 Å². The van der Waals surface area contributed by atoms with Crippen molar-refractivity contribution in [2.24, 2.45) is 0 Å². The molecule has 0 aromatic rings. The van der Waals surface area contributed by atoms with Crippen molar-refractivity contribution in [1.29, 1.82) is 0 Å². The average Bonchev–Trinajstić information content (AvgIpc) is 0.748. The summed E-state index contributed by atoms with van der Waals surface area (Å²) in [6.45, 7) is -8.27. The van der Waals surface area contributed by atoms with Crippen LogP contribution in [0.1, 0.15) is 34.6 Å². The molecule has 35 N–H and O–H groups in total. The predicted molar refractivity (Wildman–Crippen MR) is 410 cm³/mol. The quantitative estimate of drug-likeness (QED) is 0.0273. The molecule has 0 aliphatic carbocycles. The average molecular weight is 1950 g/mol. The van der Waals surface area contributed by atoms with Crippen molar-refractivity contribution in [2.45, 2.75) is 366 Å². The minimum Gasteiger partial charge on any atom is -0.394 e. The number of aliphatic hydroxyl groups is 31. The molecule has 133 heavy (non-hydrogen) atoms. The van der Waals surface area contributed by atoms with E-state index >= 15 is 0 Å². The van der Waals surface area contributed by atoms with Gasteiger partial charge in [-0.2, -0.15) is 0 Å². The highest BCUT2D eigenvalue weighted by molar-refractivity contribution is 5.74. The van der Waals surface area contributed by atoms with Crippen molar-refractivity contribution < 1.29 is 272 Å². The number of carbonyl (C=O) groups is 4. The largest absolute Gasteiger partial charge is 0.394 e. The third kappa shape index (κ3) is 25.1. The van der Waals surface area contributed by atoms with E-state index in [9.17, 15) is 177 Å². The zero-order valence-electron chi connectivity index (χ0n) is 71.6. The smallest absolute Gasteiger partial charge is 0.217 e. The summed E-state index contributed by atoms with van der Waals surface area (Å²) in [4.78, 5) is 52.1. The van der Waals surface area contributed by atoms with Crippen LogP contribution in [0.15, 0.2) is 0 Å². The Labute approximate surface area is 753 Å². The summed E-state index contributed by atoms with van der Waals surface area (Å²) in [5, 5.41) is 357. The summed E-state index contributed by atoms with van der Waals surface area (Å²) in [5.41, 5.74) is 0. The number of carbonyl (C=O) groups excluding carboxylic acids is 4. The lowest BCUT2D eigenvalue weighted by Gasteiger charge is -2.53. The van der Waals surface area contributed by atoms with Gasteiger partial charge in [-0.1, -0.05) is 0 Å². The highest BCUT2D eigenvalue weighted by atomic mass is 16.8. The van der Waals surface area contributed by atoms with Crippen LogP contribution in [0.25, 0.3) is 0 Å². The Bertz CT molecular complexity index is 3570. The fourth-order valence-corrected chi connectivity index (χ4v) is 16.9. The molecule has 0 bridgehead atoms. The highest BCUT2D eigenvalue weighted by Gasteiger charge is 2.63. The Morgan fingerprint density at radius 1 is 0.271 bits per heavy atom. The van der Waals surface area contributed by atoms with E-state index in [-0.39, 0.29) is 0 Å². The second-order valence-corrected chi connectivity index (χ2v) is 33.6. The normalized spacial score (nSPS) is 47.6. The van der Waals surface area contributed by atoms with Crippen LogP contribution in [0.4, 0.5) is 0 Å². The molecule has 10 rings (SSSR count). The summed E-state index contributed by atoms with van der Waals surface area (Å²) in [5.74, 6) is -3.96. The summed E-state index contributed by atoms with van der Waals surface area (Å²) >= 11 is 0. The maximum Gasteiger partial charge on any atom is 0.217 e. The lowest BCUT2D eigenvalue weighted by Crippen LogP contribution is -2.72. The first kappa shape index (κ1) is 111. The van der Waals surface area contributed by atoms with Crippen LogP contribution in [0.2, 0.25) is 0 Å². The van der Waals surface area contributed by atoms with Crippen LogP contribution in [-0.4, -0.2) is 586 Å². The summed E-state index contributed by atoms with van der Waals surface area (Å²) < 4.78 is 121. The van der Waals surface area contributed by atoms with E-state index in [1.165, 1.54) is 6.92 Å². The molecule has 0 spiro atoms. The number of hydrogen-bond donors (Lipinski definition) is 35. The molecule has 0 saturated carbocycles. The van der Waals surface area contributed by atoms with Crippen LogP contribution in [0.5, 0.6) is 0 Å². The molecule has 0 unspecified atom stereocenters. The molecular formula is C74H126N4O55. The molecule has 772 valence electrons. The Balaban J connectivity index is 1.09. The minimum atomic E-state index is -2.78. The van der Waals surface area contributed by atoms with Crippen molar-refractivity contribution in [3.8, 4) is 0 Å². The summed E-state index contributed by atoms with van der Waals surface area (Å²) in [6, 6.07) is -7.93. The van der Waals surface area contributed by atoms with E-state index in [2.05, 4.69) is 21.3 Å². The molecule has 0 radical (unpaired) electrons. The Kier molecular flexibility index (Phi) is 40.8. The van der Waals surface area contributed by atoms with Crippen LogP contribution >= 0.6 is 0 Å². The fraction of sp³-hybridized carbons (Fsp3) is 0.946. The molecule has 10 fully saturated rings. The van der Waals surface area contributed by atoms with Gasteiger partial charge >= 0.3 is 0 Å². The monoisotopic (exact) mass is 1950 g/mol. The molecule has 10 heterocycles. The van der Waals surface area contributed by atoms with Crippen molar-refractivity contribution in [3.05, 3.63) is 0 Å². The molecule has 10 aliphatic rings. The van der Waals surface area contributed by atoms with Gasteiger partial charge in [0.2, 0.25) is 23.6 Å². The van der Waals surface area contributed by atoms with Gasteiger partial charge < -0.3 is 274 Å². The number of ether oxygens (including phenoxy) is 20. The number of amides is 4. The van der Waals surface area contributed by atoms with Crippen LogP contribution in [0.3, 0.4) is 0 Å². The van der Waals surface area contributed by atoms with Gasteiger partial charge in [-0.05, 0) is 6.92 Å². The standard InChI is InChI=1S/C74H126N4O55/c1-17-36(93)46(103)51(108)70(116-17)130-61-35(78-21(5)91)67(122-30(14-87)60(61)129-71-52(109)48(105)40(97)26(10-83)119-71)133-64-54(111)59(127-65-33(76-19(3)89)44(101)38(95)24(8-81)117-65)29(13-86)123-74(64)132-63-43(100)32(125-73(56(63)113)128-58-28(12-85)121-66(34(45(58)102)77-20(4)90)126-57(23(92)7-80)37(94)22(6-79)75-18(2)88)16-115-69-55(112)62(131-72-53(110)49(106)41(98)27(11-84)120-72)42(99)31(124-69)15-114-68-50(107)47(104)39(96)25(9-82)118-68/h17,22-74,79-87,92-113H,6-16H2,1-5H3,(H,75,88)(H,76,89)(H,77,90)(H,78,91)/t17-,22-,23+,24+,25+,26+,27+,28+,29+,30+,31+,32+,33+,34+,35+,36+,37+,38+,39+,40-,41+,42+,43+,44+,45+,46+,47-,48-,49-,50-,51-,52+,53-,54-,55-,56-,57+,58+,59+,60+,61+,62-,63-,64-,65-,66-,67-,68-,69-,70-,71-,72+,73-,74+/m0/s1.